The minimum Gasteiger partial charge on any atom is -0.408 e. The van der Waals surface area contributed by atoms with E-state index in [1.807, 2.05) is 0 Å². The summed E-state index contributed by atoms with van der Waals surface area (Å²) in [7, 11) is -1.97. The summed E-state index contributed by atoms with van der Waals surface area (Å²) in [6.45, 7) is 1.15. The summed E-state index contributed by atoms with van der Waals surface area (Å²) in [5.74, 6) is -0.588. The van der Waals surface area contributed by atoms with Gasteiger partial charge in [-0.2, -0.15) is 4.31 Å². The van der Waals surface area contributed by atoms with E-state index in [1.165, 1.54) is 12.1 Å². The SMILES string of the molecule is COCCCC1CCCCN1S(=O)(=O)c1ccc2[nH]c(=O)oc2c1. The summed E-state index contributed by atoms with van der Waals surface area (Å²) in [4.78, 5) is 13.9. The van der Waals surface area contributed by atoms with Crippen LogP contribution in [0.15, 0.2) is 32.3 Å². The van der Waals surface area contributed by atoms with Crippen LogP contribution in [0.1, 0.15) is 32.1 Å². The Morgan fingerprint density at radius 1 is 1.38 bits per heavy atom. The van der Waals surface area contributed by atoms with Gasteiger partial charge in [0, 0.05) is 32.4 Å². The van der Waals surface area contributed by atoms with Crippen molar-refractivity contribution < 1.29 is 17.6 Å². The van der Waals surface area contributed by atoms with E-state index >= 15 is 0 Å². The molecular weight excluding hydrogens is 332 g/mol. The van der Waals surface area contributed by atoms with E-state index in [1.54, 1.807) is 17.5 Å². The number of methoxy groups -OCH3 is 1. The average Bonchev–Trinajstić information content (AvgIpc) is 2.94. The molecule has 1 N–H and O–H groups in total. The van der Waals surface area contributed by atoms with E-state index in [-0.39, 0.29) is 16.5 Å². The van der Waals surface area contributed by atoms with Crippen molar-refractivity contribution in [3.05, 3.63) is 28.7 Å². The number of aromatic amines is 1. The zero-order valence-electron chi connectivity index (χ0n) is 13.7. The molecule has 132 valence electrons. The molecule has 0 bridgehead atoms. The number of aromatic nitrogens is 1. The zero-order valence-corrected chi connectivity index (χ0v) is 14.5. The second kappa shape index (κ2) is 7.08. The summed E-state index contributed by atoms with van der Waals surface area (Å²) in [5, 5.41) is 0. The third kappa shape index (κ3) is 3.40. The molecule has 1 unspecified atom stereocenters. The standard InChI is InChI=1S/C16H22N2O5S/c1-22-10-4-6-12-5-2-3-9-18(12)24(20,21)13-7-8-14-15(11-13)23-16(19)17-14/h7-8,11-12H,2-6,9-10H2,1H3,(H,17,19). The predicted molar refractivity (Wildman–Crippen MR) is 89.5 cm³/mol. The molecule has 1 atom stereocenters. The molecule has 0 radical (unpaired) electrons. The van der Waals surface area contributed by atoms with Gasteiger partial charge in [-0.15, -0.1) is 0 Å². The van der Waals surface area contributed by atoms with Crippen LogP contribution in [0.2, 0.25) is 0 Å². The Balaban J connectivity index is 1.89. The maximum Gasteiger partial charge on any atom is 0.417 e. The molecule has 0 amide bonds. The first kappa shape index (κ1) is 17.2. The van der Waals surface area contributed by atoms with E-state index in [9.17, 15) is 13.2 Å². The highest BCUT2D eigenvalue weighted by Gasteiger charge is 2.33. The molecule has 24 heavy (non-hydrogen) atoms. The number of oxazole rings is 1. The van der Waals surface area contributed by atoms with Gasteiger partial charge in [0.25, 0.3) is 0 Å². The highest BCUT2D eigenvalue weighted by Crippen LogP contribution is 2.29. The highest BCUT2D eigenvalue weighted by molar-refractivity contribution is 7.89. The van der Waals surface area contributed by atoms with Crippen LogP contribution in [-0.4, -0.2) is 44.0 Å². The van der Waals surface area contributed by atoms with Gasteiger partial charge < -0.3 is 9.15 Å². The first-order chi connectivity index (χ1) is 11.5. The second-order valence-electron chi connectivity index (χ2n) is 6.07. The summed E-state index contributed by atoms with van der Waals surface area (Å²) in [6, 6.07) is 4.50. The van der Waals surface area contributed by atoms with Crippen LogP contribution in [0, 0.1) is 0 Å². The van der Waals surface area contributed by atoms with Crippen molar-refractivity contribution in [2.24, 2.45) is 0 Å². The normalized spacial score (nSPS) is 19.8. The van der Waals surface area contributed by atoms with Crippen LogP contribution in [-0.2, 0) is 14.8 Å². The first-order valence-electron chi connectivity index (χ1n) is 8.16. The van der Waals surface area contributed by atoms with E-state index < -0.39 is 15.8 Å². The zero-order chi connectivity index (χ0) is 17.2. The van der Waals surface area contributed by atoms with E-state index in [0.29, 0.717) is 18.7 Å². The van der Waals surface area contributed by atoms with E-state index in [2.05, 4.69) is 4.98 Å². The summed E-state index contributed by atoms with van der Waals surface area (Å²) in [5.41, 5.74) is 0.753. The molecule has 1 aliphatic heterocycles. The minimum atomic E-state index is -3.61. The lowest BCUT2D eigenvalue weighted by atomic mass is 10.0. The summed E-state index contributed by atoms with van der Waals surface area (Å²) in [6.07, 6.45) is 4.38. The second-order valence-corrected chi connectivity index (χ2v) is 7.96. The third-order valence-electron chi connectivity index (χ3n) is 4.46. The number of nitrogens with one attached hydrogen (secondary N) is 1. The van der Waals surface area contributed by atoms with Gasteiger partial charge in [0.1, 0.15) is 0 Å². The average molecular weight is 354 g/mol. The molecule has 0 saturated carbocycles. The summed E-state index contributed by atoms with van der Waals surface area (Å²) >= 11 is 0. The maximum absolute atomic E-state index is 13.0. The Labute approximate surface area is 140 Å². The largest absolute Gasteiger partial charge is 0.417 e. The quantitative estimate of drug-likeness (QED) is 0.802. The van der Waals surface area contributed by atoms with Crippen LogP contribution in [0.4, 0.5) is 0 Å². The molecule has 1 aliphatic rings. The Kier molecular flexibility index (Phi) is 5.07. The number of sulfonamides is 1. The fourth-order valence-corrected chi connectivity index (χ4v) is 5.00. The number of benzene rings is 1. The van der Waals surface area contributed by atoms with Crippen molar-refractivity contribution in [2.75, 3.05) is 20.3 Å². The van der Waals surface area contributed by atoms with Crippen LogP contribution in [0.5, 0.6) is 0 Å². The molecule has 0 aliphatic carbocycles. The number of hydrogen-bond donors (Lipinski definition) is 1. The van der Waals surface area contributed by atoms with Gasteiger partial charge >= 0.3 is 5.76 Å². The number of H-pyrrole nitrogens is 1. The Hall–Kier alpha value is -1.64. The van der Waals surface area contributed by atoms with Gasteiger partial charge in [-0.25, -0.2) is 13.2 Å². The maximum atomic E-state index is 13.0. The van der Waals surface area contributed by atoms with Gasteiger partial charge in [-0.1, -0.05) is 6.42 Å². The number of fused-ring (bicyclic) bond motifs is 1. The number of nitrogens with zero attached hydrogens (tertiary/aromatic N) is 1. The van der Waals surface area contributed by atoms with Crippen molar-refractivity contribution >= 4 is 21.1 Å². The van der Waals surface area contributed by atoms with Gasteiger partial charge in [-0.3, -0.25) is 4.98 Å². The summed E-state index contributed by atoms with van der Waals surface area (Å²) < 4.78 is 37.7. The molecule has 2 aromatic rings. The van der Waals surface area contributed by atoms with Crippen molar-refractivity contribution in [3.8, 4) is 0 Å². The first-order valence-corrected chi connectivity index (χ1v) is 9.60. The Morgan fingerprint density at radius 2 is 2.21 bits per heavy atom. The molecular formula is C16H22N2O5S. The van der Waals surface area contributed by atoms with Crippen LogP contribution in [0.25, 0.3) is 11.1 Å². The molecule has 8 heteroatoms. The topological polar surface area (TPSA) is 92.6 Å². The van der Waals surface area contributed by atoms with Crippen molar-refractivity contribution in [1.29, 1.82) is 0 Å². The van der Waals surface area contributed by atoms with Crippen molar-refractivity contribution in [2.45, 2.75) is 43.0 Å². The smallest absolute Gasteiger partial charge is 0.408 e. The highest BCUT2D eigenvalue weighted by atomic mass is 32.2. The van der Waals surface area contributed by atoms with E-state index in [0.717, 1.165) is 32.1 Å². The lowest BCUT2D eigenvalue weighted by Crippen LogP contribution is -2.43. The van der Waals surface area contributed by atoms with Crippen LogP contribution in [0.3, 0.4) is 0 Å². The predicted octanol–water partition coefficient (Wildman–Crippen LogP) is 2.09. The van der Waals surface area contributed by atoms with E-state index in [4.69, 9.17) is 9.15 Å². The van der Waals surface area contributed by atoms with Crippen LogP contribution < -0.4 is 5.76 Å². The lowest BCUT2D eigenvalue weighted by Gasteiger charge is -2.34. The molecule has 3 rings (SSSR count). The minimum absolute atomic E-state index is 0.00664. The molecule has 1 aromatic heterocycles. The number of piperidine rings is 1. The molecule has 1 fully saturated rings. The molecule has 7 nitrogen and oxygen atoms in total. The van der Waals surface area contributed by atoms with Crippen LogP contribution >= 0.6 is 0 Å². The van der Waals surface area contributed by atoms with Gasteiger partial charge in [0.15, 0.2) is 5.58 Å². The molecule has 1 aromatic carbocycles. The number of rotatable bonds is 6. The van der Waals surface area contributed by atoms with Gasteiger partial charge in [0.05, 0.1) is 10.4 Å². The van der Waals surface area contributed by atoms with Gasteiger partial charge in [-0.05, 0) is 37.8 Å². The molecule has 2 heterocycles. The Morgan fingerprint density at radius 3 is 3.00 bits per heavy atom. The fourth-order valence-electron chi connectivity index (χ4n) is 3.26. The number of hydrogen-bond acceptors (Lipinski definition) is 5. The molecule has 0 spiro atoms. The fraction of sp³-hybridized carbons (Fsp3) is 0.562. The molecule has 1 saturated heterocycles. The lowest BCUT2D eigenvalue weighted by molar-refractivity contribution is 0.172. The monoisotopic (exact) mass is 354 g/mol. The Bertz CT molecular complexity index is 855. The number of ether oxygens (including phenoxy) is 1. The third-order valence-corrected chi connectivity index (χ3v) is 6.41. The van der Waals surface area contributed by atoms with Gasteiger partial charge in [0.2, 0.25) is 10.0 Å². The van der Waals surface area contributed by atoms with Crippen molar-refractivity contribution in [3.63, 3.8) is 0 Å². The van der Waals surface area contributed by atoms with Crippen molar-refractivity contribution in [1.82, 2.24) is 9.29 Å².